The van der Waals surface area contributed by atoms with E-state index < -0.39 is 0 Å². The first kappa shape index (κ1) is 15.6. The minimum Gasteiger partial charge on any atom is -0.305 e. The third-order valence-electron chi connectivity index (χ3n) is 4.76. The number of benzene rings is 1. The number of nitrogens with zero attached hydrogens (tertiary/aromatic N) is 2. The first-order valence-electron chi connectivity index (χ1n) is 8.67. The highest BCUT2D eigenvalue weighted by molar-refractivity contribution is 7.11. The van der Waals surface area contributed by atoms with Gasteiger partial charge in [-0.1, -0.05) is 30.3 Å². The number of aromatic nitrogens is 2. The van der Waals surface area contributed by atoms with Crippen molar-refractivity contribution in [3.8, 4) is 0 Å². The number of hydrogen-bond acceptors (Lipinski definition) is 3. The van der Waals surface area contributed by atoms with Gasteiger partial charge in [0.15, 0.2) is 0 Å². The van der Waals surface area contributed by atoms with Crippen LogP contribution in [-0.4, -0.2) is 9.78 Å². The molecule has 1 atom stereocenters. The standard InChI is InChI=1S/C20H23N3S/c1-15-10-11-17(24-15)12-21-19-8-5-9-20-18(19)13-22-23(20)14-16-6-3-2-4-7-16/h2-4,6-7,10-11,13,19,21H,5,8-9,12,14H2,1H3/t19-/m1/s1. The van der Waals surface area contributed by atoms with Gasteiger partial charge in [0.05, 0.1) is 12.7 Å². The lowest BCUT2D eigenvalue weighted by Gasteiger charge is -2.24. The highest BCUT2D eigenvalue weighted by atomic mass is 32.1. The first-order valence-corrected chi connectivity index (χ1v) is 9.48. The Morgan fingerprint density at radius 2 is 2.08 bits per heavy atom. The average molecular weight is 337 g/mol. The number of fused-ring (bicyclic) bond motifs is 1. The van der Waals surface area contributed by atoms with Crippen LogP contribution in [0.1, 0.15) is 45.5 Å². The summed E-state index contributed by atoms with van der Waals surface area (Å²) in [6, 6.07) is 15.5. The predicted octanol–water partition coefficient (Wildman–Crippen LogP) is 4.47. The van der Waals surface area contributed by atoms with Gasteiger partial charge in [0.25, 0.3) is 0 Å². The van der Waals surface area contributed by atoms with Crippen LogP contribution in [0.3, 0.4) is 0 Å². The van der Waals surface area contributed by atoms with E-state index in [1.54, 1.807) is 0 Å². The Bertz CT molecular complexity index is 803. The van der Waals surface area contributed by atoms with Gasteiger partial charge in [-0.05, 0) is 43.9 Å². The Morgan fingerprint density at radius 3 is 2.88 bits per heavy atom. The molecule has 4 heteroatoms. The van der Waals surface area contributed by atoms with Crippen LogP contribution in [0.2, 0.25) is 0 Å². The van der Waals surface area contributed by atoms with Crippen LogP contribution in [-0.2, 0) is 19.5 Å². The Labute approximate surface area is 147 Å². The summed E-state index contributed by atoms with van der Waals surface area (Å²) in [7, 11) is 0. The fourth-order valence-corrected chi connectivity index (χ4v) is 4.37. The molecule has 1 aliphatic rings. The number of aryl methyl sites for hydroxylation is 1. The van der Waals surface area contributed by atoms with Crippen LogP contribution >= 0.6 is 11.3 Å². The minimum atomic E-state index is 0.431. The molecule has 4 rings (SSSR count). The maximum absolute atomic E-state index is 4.68. The molecular weight excluding hydrogens is 314 g/mol. The van der Waals surface area contributed by atoms with Crippen molar-refractivity contribution in [1.29, 1.82) is 0 Å². The van der Waals surface area contributed by atoms with Crippen molar-refractivity contribution in [1.82, 2.24) is 15.1 Å². The molecule has 1 N–H and O–H groups in total. The molecule has 2 heterocycles. The van der Waals surface area contributed by atoms with Crippen molar-refractivity contribution < 1.29 is 0 Å². The molecular formula is C20H23N3S. The van der Waals surface area contributed by atoms with Gasteiger partial charge in [0, 0.05) is 33.6 Å². The van der Waals surface area contributed by atoms with Crippen molar-refractivity contribution in [2.45, 2.75) is 45.3 Å². The van der Waals surface area contributed by atoms with Crippen LogP contribution < -0.4 is 5.32 Å². The van der Waals surface area contributed by atoms with Crippen LogP contribution in [0, 0.1) is 6.92 Å². The van der Waals surface area contributed by atoms with Gasteiger partial charge in [-0.3, -0.25) is 4.68 Å². The van der Waals surface area contributed by atoms with Crippen molar-refractivity contribution in [3.63, 3.8) is 0 Å². The second-order valence-corrected chi connectivity index (χ2v) is 7.90. The van der Waals surface area contributed by atoms with Gasteiger partial charge < -0.3 is 5.32 Å². The van der Waals surface area contributed by atoms with Gasteiger partial charge in [0.2, 0.25) is 0 Å². The topological polar surface area (TPSA) is 29.9 Å². The molecule has 0 saturated carbocycles. The minimum absolute atomic E-state index is 0.431. The second kappa shape index (κ2) is 6.91. The number of thiophene rings is 1. The second-order valence-electron chi connectivity index (χ2n) is 6.53. The Kier molecular flexibility index (Phi) is 4.50. The van der Waals surface area contributed by atoms with Crippen molar-refractivity contribution >= 4 is 11.3 Å². The highest BCUT2D eigenvalue weighted by Crippen LogP contribution is 2.30. The van der Waals surface area contributed by atoms with Gasteiger partial charge in [0.1, 0.15) is 0 Å². The van der Waals surface area contributed by atoms with E-state index in [1.165, 1.54) is 39.4 Å². The Balaban J connectivity index is 1.49. The molecule has 24 heavy (non-hydrogen) atoms. The molecule has 0 bridgehead atoms. The Morgan fingerprint density at radius 1 is 1.21 bits per heavy atom. The molecule has 0 radical (unpaired) electrons. The van der Waals surface area contributed by atoms with E-state index in [2.05, 4.69) is 70.7 Å². The van der Waals surface area contributed by atoms with Crippen molar-refractivity contribution in [2.24, 2.45) is 0 Å². The molecule has 0 amide bonds. The van der Waals surface area contributed by atoms with E-state index in [-0.39, 0.29) is 0 Å². The van der Waals surface area contributed by atoms with Gasteiger partial charge in [-0.15, -0.1) is 11.3 Å². The Hall–Kier alpha value is -1.91. The highest BCUT2D eigenvalue weighted by Gasteiger charge is 2.24. The summed E-state index contributed by atoms with van der Waals surface area (Å²) in [6.45, 7) is 3.99. The third kappa shape index (κ3) is 3.30. The molecule has 0 spiro atoms. The van der Waals surface area contributed by atoms with Gasteiger partial charge >= 0.3 is 0 Å². The fourth-order valence-electron chi connectivity index (χ4n) is 3.53. The van der Waals surface area contributed by atoms with Crippen LogP contribution in [0.5, 0.6) is 0 Å². The lowest BCUT2D eigenvalue weighted by molar-refractivity contribution is 0.451. The summed E-state index contributed by atoms with van der Waals surface area (Å²) < 4.78 is 2.19. The summed E-state index contributed by atoms with van der Waals surface area (Å²) in [5.74, 6) is 0. The van der Waals surface area contributed by atoms with E-state index in [1.807, 2.05) is 11.3 Å². The van der Waals surface area contributed by atoms with Crippen molar-refractivity contribution in [2.75, 3.05) is 0 Å². The molecule has 3 aromatic rings. The van der Waals surface area contributed by atoms with Crippen LogP contribution in [0.4, 0.5) is 0 Å². The van der Waals surface area contributed by atoms with E-state index in [0.29, 0.717) is 6.04 Å². The quantitative estimate of drug-likeness (QED) is 0.744. The first-order chi connectivity index (χ1) is 11.8. The molecule has 0 aliphatic heterocycles. The van der Waals surface area contributed by atoms with E-state index in [0.717, 1.165) is 19.5 Å². The molecule has 0 fully saturated rings. The molecule has 0 unspecified atom stereocenters. The molecule has 0 saturated heterocycles. The van der Waals surface area contributed by atoms with Gasteiger partial charge in [-0.2, -0.15) is 5.10 Å². The molecule has 1 aliphatic carbocycles. The molecule has 2 aromatic heterocycles. The summed E-state index contributed by atoms with van der Waals surface area (Å²) >= 11 is 1.88. The molecule has 124 valence electrons. The van der Waals surface area contributed by atoms with Crippen LogP contribution in [0.15, 0.2) is 48.7 Å². The van der Waals surface area contributed by atoms with E-state index in [9.17, 15) is 0 Å². The molecule has 3 nitrogen and oxygen atoms in total. The summed E-state index contributed by atoms with van der Waals surface area (Å²) in [5.41, 5.74) is 4.11. The van der Waals surface area contributed by atoms with Gasteiger partial charge in [-0.25, -0.2) is 0 Å². The normalized spacial score (nSPS) is 17.0. The summed E-state index contributed by atoms with van der Waals surface area (Å²) in [4.78, 5) is 2.79. The number of hydrogen-bond donors (Lipinski definition) is 1. The monoisotopic (exact) mass is 337 g/mol. The smallest absolute Gasteiger partial charge is 0.0662 e. The summed E-state index contributed by atoms with van der Waals surface area (Å²) in [5, 5.41) is 8.42. The van der Waals surface area contributed by atoms with Crippen molar-refractivity contribution in [3.05, 3.63) is 75.2 Å². The summed E-state index contributed by atoms with van der Waals surface area (Å²) in [6.07, 6.45) is 5.65. The predicted molar refractivity (Wildman–Crippen MR) is 99.3 cm³/mol. The average Bonchev–Trinajstić information content (AvgIpc) is 3.21. The number of rotatable bonds is 5. The SMILES string of the molecule is Cc1ccc(CN[C@@H]2CCCc3c2cnn3Cc2ccccc2)s1. The third-order valence-corrected chi connectivity index (χ3v) is 5.76. The zero-order valence-electron chi connectivity index (χ0n) is 14.0. The molecule has 1 aromatic carbocycles. The van der Waals surface area contributed by atoms with E-state index >= 15 is 0 Å². The van der Waals surface area contributed by atoms with E-state index in [4.69, 9.17) is 0 Å². The maximum Gasteiger partial charge on any atom is 0.0662 e. The zero-order valence-corrected chi connectivity index (χ0v) is 14.9. The lowest BCUT2D eigenvalue weighted by Crippen LogP contribution is -2.25. The number of nitrogens with one attached hydrogen (secondary N) is 1. The lowest BCUT2D eigenvalue weighted by atomic mass is 9.93. The fraction of sp³-hybridized carbons (Fsp3) is 0.350. The largest absolute Gasteiger partial charge is 0.305 e. The maximum atomic E-state index is 4.68. The van der Waals surface area contributed by atoms with Crippen LogP contribution in [0.25, 0.3) is 0 Å². The zero-order chi connectivity index (χ0) is 16.4.